The summed E-state index contributed by atoms with van der Waals surface area (Å²) in [5, 5.41) is 4.13. The summed E-state index contributed by atoms with van der Waals surface area (Å²) < 4.78 is 5.49. The van der Waals surface area contributed by atoms with Crippen LogP contribution >= 0.6 is 0 Å². The number of benzene rings is 1. The van der Waals surface area contributed by atoms with E-state index >= 15 is 0 Å². The lowest BCUT2D eigenvalue weighted by Crippen LogP contribution is -1.95. The van der Waals surface area contributed by atoms with E-state index in [4.69, 9.17) is 4.52 Å². The van der Waals surface area contributed by atoms with Gasteiger partial charge >= 0.3 is 0 Å². The fourth-order valence-corrected chi connectivity index (χ4v) is 3.48. The monoisotopic (exact) mass is 315 g/mol. The van der Waals surface area contributed by atoms with Crippen molar-refractivity contribution in [3.8, 4) is 22.8 Å². The first kappa shape index (κ1) is 13.7. The topological polar surface area (TPSA) is 51.8 Å². The molecule has 0 radical (unpaired) electrons. The van der Waals surface area contributed by atoms with Crippen molar-refractivity contribution in [3.05, 3.63) is 59.4 Å². The minimum atomic E-state index is 0.555. The second-order valence-corrected chi connectivity index (χ2v) is 6.68. The zero-order valence-corrected chi connectivity index (χ0v) is 13.4. The first-order valence-corrected chi connectivity index (χ1v) is 8.37. The van der Waals surface area contributed by atoms with Crippen LogP contribution in [0.3, 0.4) is 0 Å². The highest BCUT2D eigenvalue weighted by atomic mass is 16.5. The molecule has 0 bridgehead atoms. The number of hydrogen-bond donors (Lipinski definition) is 0. The zero-order valence-electron chi connectivity index (χ0n) is 13.4. The second kappa shape index (κ2) is 5.13. The quantitative estimate of drug-likeness (QED) is 0.707. The van der Waals surface area contributed by atoms with Crippen molar-refractivity contribution in [3.63, 3.8) is 0 Å². The molecular weight excluding hydrogens is 298 g/mol. The van der Waals surface area contributed by atoms with Gasteiger partial charge in [0.1, 0.15) is 0 Å². The van der Waals surface area contributed by atoms with Gasteiger partial charge in [0.25, 0.3) is 5.89 Å². The maximum atomic E-state index is 5.49. The van der Waals surface area contributed by atoms with Gasteiger partial charge in [-0.05, 0) is 60.6 Å². The Bertz CT molecular complexity index is 953. The number of allylic oxidation sites excluding steroid dienone is 1. The van der Waals surface area contributed by atoms with Gasteiger partial charge in [-0.3, -0.25) is 4.98 Å². The predicted octanol–water partition coefficient (Wildman–Crippen LogP) is 4.63. The van der Waals surface area contributed by atoms with Crippen molar-refractivity contribution in [2.24, 2.45) is 5.92 Å². The molecule has 1 saturated carbocycles. The van der Waals surface area contributed by atoms with Gasteiger partial charge in [0.15, 0.2) is 0 Å². The average molecular weight is 315 g/mol. The van der Waals surface area contributed by atoms with E-state index in [1.807, 2.05) is 13.0 Å². The molecule has 0 saturated heterocycles. The van der Waals surface area contributed by atoms with E-state index < -0.39 is 0 Å². The average Bonchev–Trinajstić information content (AvgIpc) is 3.18. The summed E-state index contributed by atoms with van der Waals surface area (Å²) in [6.07, 6.45) is 10.8. The molecule has 118 valence electrons. The molecule has 4 nitrogen and oxygen atoms in total. The van der Waals surface area contributed by atoms with E-state index in [1.54, 1.807) is 12.4 Å². The molecule has 1 unspecified atom stereocenters. The van der Waals surface area contributed by atoms with Gasteiger partial charge in [0, 0.05) is 29.4 Å². The number of pyridine rings is 1. The maximum Gasteiger partial charge on any atom is 0.258 e. The van der Waals surface area contributed by atoms with E-state index in [2.05, 4.69) is 45.5 Å². The molecule has 1 aromatic carbocycles. The summed E-state index contributed by atoms with van der Waals surface area (Å²) in [6, 6.07) is 8.41. The molecular formula is C20H17N3O. The summed E-state index contributed by atoms with van der Waals surface area (Å²) in [7, 11) is 0. The summed E-state index contributed by atoms with van der Waals surface area (Å²) in [4.78, 5) is 8.71. The Hall–Kier alpha value is -2.75. The number of hydrogen-bond acceptors (Lipinski definition) is 4. The molecule has 0 aliphatic heterocycles. The Morgan fingerprint density at radius 2 is 2.08 bits per heavy atom. The molecule has 2 aliphatic carbocycles. The molecule has 0 N–H and O–H groups in total. The summed E-state index contributed by atoms with van der Waals surface area (Å²) in [5.74, 6) is 2.59. The molecule has 2 aliphatic rings. The number of aromatic nitrogens is 3. The Morgan fingerprint density at radius 1 is 1.17 bits per heavy atom. The van der Waals surface area contributed by atoms with Crippen LogP contribution in [0.15, 0.2) is 47.3 Å². The van der Waals surface area contributed by atoms with Gasteiger partial charge in [0.05, 0.1) is 0 Å². The van der Waals surface area contributed by atoms with E-state index in [0.717, 1.165) is 22.6 Å². The third-order valence-corrected chi connectivity index (χ3v) is 5.01. The van der Waals surface area contributed by atoms with Crippen LogP contribution in [0, 0.1) is 12.8 Å². The highest BCUT2D eigenvalue weighted by molar-refractivity contribution is 5.70. The first-order chi connectivity index (χ1) is 11.8. The maximum absolute atomic E-state index is 5.49. The summed E-state index contributed by atoms with van der Waals surface area (Å²) >= 11 is 0. The lowest BCUT2D eigenvalue weighted by molar-refractivity contribution is 0.432. The molecule has 0 spiro atoms. The van der Waals surface area contributed by atoms with Gasteiger partial charge < -0.3 is 4.52 Å². The van der Waals surface area contributed by atoms with E-state index in [-0.39, 0.29) is 0 Å². The summed E-state index contributed by atoms with van der Waals surface area (Å²) in [6.45, 7) is 2.02. The smallest absolute Gasteiger partial charge is 0.258 e. The third-order valence-electron chi connectivity index (χ3n) is 5.01. The third kappa shape index (κ3) is 2.18. The molecule has 24 heavy (non-hydrogen) atoms. The van der Waals surface area contributed by atoms with E-state index in [9.17, 15) is 0 Å². The number of aryl methyl sites for hydroxylation is 1. The highest BCUT2D eigenvalue weighted by Gasteiger charge is 2.33. The molecule has 5 rings (SSSR count). The van der Waals surface area contributed by atoms with Crippen molar-refractivity contribution < 1.29 is 4.52 Å². The van der Waals surface area contributed by atoms with Gasteiger partial charge in [-0.15, -0.1) is 0 Å². The van der Waals surface area contributed by atoms with Crippen LogP contribution in [0.4, 0.5) is 0 Å². The largest absolute Gasteiger partial charge is 0.334 e. The molecule has 4 heteroatoms. The van der Waals surface area contributed by atoms with Crippen LogP contribution in [-0.2, 0) is 0 Å². The Balaban J connectivity index is 1.50. The van der Waals surface area contributed by atoms with Crippen molar-refractivity contribution >= 4 is 6.08 Å². The lowest BCUT2D eigenvalue weighted by atomic mass is 9.95. The fourth-order valence-electron chi connectivity index (χ4n) is 3.48. The number of rotatable bonds is 3. The molecule has 1 atom stereocenters. The Kier molecular flexibility index (Phi) is 2.92. The normalized spacial score (nSPS) is 18.8. The van der Waals surface area contributed by atoms with Crippen LogP contribution < -0.4 is 0 Å². The molecule has 2 heterocycles. The van der Waals surface area contributed by atoms with Gasteiger partial charge in [-0.2, -0.15) is 4.98 Å². The van der Waals surface area contributed by atoms with Crippen LogP contribution in [0.5, 0.6) is 0 Å². The minimum absolute atomic E-state index is 0.555. The zero-order chi connectivity index (χ0) is 16.1. The first-order valence-electron chi connectivity index (χ1n) is 8.37. The number of fused-ring (bicyclic) bond motifs is 1. The number of nitrogens with zero attached hydrogens (tertiary/aromatic N) is 3. The summed E-state index contributed by atoms with van der Waals surface area (Å²) in [5.41, 5.74) is 5.67. The van der Waals surface area contributed by atoms with Crippen molar-refractivity contribution in [1.29, 1.82) is 0 Å². The molecule has 1 fully saturated rings. The Labute approximate surface area is 140 Å². The predicted molar refractivity (Wildman–Crippen MR) is 92.2 cm³/mol. The van der Waals surface area contributed by atoms with Crippen molar-refractivity contribution in [1.82, 2.24) is 15.1 Å². The van der Waals surface area contributed by atoms with E-state index in [1.165, 1.54) is 24.0 Å². The standard InChI is InChI=1S/C20H17N3O/c1-12-8-9-21-11-18(12)19-22-20(24-23-19)15-5-7-17-14(10-15)4-6-16(17)13-2-3-13/h4-11,13,16H,2-3H2,1H3. The van der Waals surface area contributed by atoms with Gasteiger partial charge in [0.2, 0.25) is 5.82 Å². The van der Waals surface area contributed by atoms with Crippen molar-refractivity contribution in [2.45, 2.75) is 25.7 Å². The van der Waals surface area contributed by atoms with Gasteiger partial charge in [-0.1, -0.05) is 23.4 Å². The van der Waals surface area contributed by atoms with Crippen LogP contribution in [0.2, 0.25) is 0 Å². The molecule has 0 amide bonds. The molecule has 2 aromatic heterocycles. The lowest BCUT2D eigenvalue weighted by Gasteiger charge is -2.09. The van der Waals surface area contributed by atoms with E-state index in [0.29, 0.717) is 17.6 Å². The van der Waals surface area contributed by atoms with Crippen LogP contribution in [0.1, 0.15) is 35.4 Å². The highest BCUT2D eigenvalue weighted by Crippen LogP contribution is 2.47. The van der Waals surface area contributed by atoms with Gasteiger partial charge in [-0.25, -0.2) is 0 Å². The second-order valence-electron chi connectivity index (χ2n) is 6.68. The Morgan fingerprint density at radius 3 is 2.92 bits per heavy atom. The van der Waals surface area contributed by atoms with Crippen LogP contribution in [0.25, 0.3) is 28.9 Å². The van der Waals surface area contributed by atoms with Crippen LogP contribution in [-0.4, -0.2) is 15.1 Å². The molecule has 3 aromatic rings. The van der Waals surface area contributed by atoms with Crippen molar-refractivity contribution in [2.75, 3.05) is 0 Å². The fraction of sp³-hybridized carbons (Fsp3) is 0.250. The minimum Gasteiger partial charge on any atom is -0.334 e. The SMILES string of the molecule is Cc1ccncc1-c1noc(-c2ccc3c(c2)C=CC3C2CC2)n1.